The number of rotatable bonds is 7. The molecular weight excluding hydrogens is 343 g/mol. The van der Waals surface area contributed by atoms with Crippen LogP contribution in [0.3, 0.4) is 0 Å². The largest absolute Gasteiger partial charge is 0.356 e. The van der Waals surface area contributed by atoms with Crippen molar-refractivity contribution in [3.63, 3.8) is 0 Å². The summed E-state index contributed by atoms with van der Waals surface area (Å²) in [5.74, 6) is -0.607. The minimum atomic E-state index is -0.281. The molecule has 0 bridgehead atoms. The fourth-order valence-corrected chi connectivity index (χ4v) is 2.65. The van der Waals surface area contributed by atoms with Gasteiger partial charge in [0.1, 0.15) is 5.82 Å². The summed E-state index contributed by atoms with van der Waals surface area (Å²) in [6, 6.07) is 13.2. The first-order valence-corrected chi connectivity index (χ1v) is 8.39. The molecule has 0 atom stereocenters. The number of hydrogen-bond donors (Lipinski definition) is 1. The molecule has 0 aliphatic heterocycles. The molecule has 25 heavy (non-hydrogen) atoms. The minimum Gasteiger partial charge on any atom is -0.356 e. The van der Waals surface area contributed by atoms with Crippen molar-refractivity contribution in [3.05, 3.63) is 64.9 Å². The van der Waals surface area contributed by atoms with Gasteiger partial charge in [0.15, 0.2) is 0 Å². The van der Waals surface area contributed by atoms with E-state index in [1.807, 2.05) is 0 Å². The third-order valence-corrected chi connectivity index (χ3v) is 4.05. The number of benzene rings is 2. The molecule has 6 heteroatoms. The predicted molar refractivity (Wildman–Crippen MR) is 97.2 cm³/mol. The number of nitrogens with one attached hydrogen (secondary N) is 1. The molecule has 0 saturated heterocycles. The van der Waals surface area contributed by atoms with Gasteiger partial charge in [-0.1, -0.05) is 35.9 Å². The number of carbonyl (C=O) groups excluding carboxylic acids is 2. The Bertz CT molecular complexity index is 734. The van der Waals surface area contributed by atoms with E-state index < -0.39 is 0 Å². The van der Waals surface area contributed by atoms with Gasteiger partial charge < -0.3 is 10.2 Å². The van der Waals surface area contributed by atoms with E-state index in [4.69, 9.17) is 11.6 Å². The third-order valence-electron chi connectivity index (χ3n) is 3.73. The average molecular weight is 363 g/mol. The summed E-state index contributed by atoms with van der Waals surface area (Å²) < 4.78 is 12.8. The molecule has 2 rings (SSSR count). The van der Waals surface area contributed by atoms with Crippen LogP contribution in [0.5, 0.6) is 0 Å². The van der Waals surface area contributed by atoms with Crippen molar-refractivity contribution >= 4 is 29.1 Å². The Balaban J connectivity index is 1.82. The number of amides is 2. The molecule has 0 fully saturated rings. The lowest BCUT2D eigenvalue weighted by Gasteiger charge is -2.22. The molecule has 0 unspecified atom stereocenters. The van der Waals surface area contributed by atoms with Gasteiger partial charge in [0.05, 0.1) is 10.7 Å². The average Bonchev–Trinajstić information content (AvgIpc) is 2.58. The van der Waals surface area contributed by atoms with Crippen molar-refractivity contribution in [2.75, 3.05) is 18.0 Å². The summed E-state index contributed by atoms with van der Waals surface area (Å²) in [5.41, 5.74) is 1.54. The minimum absolute atomic E-state index is 0.152. The Morgan fingerprint density at radius 1 is 1.12 bits per heavy atom. The third kappa shape index (κ3) is 5.87. The second-order valence-corrected chi connectivity index (χ2v) is 6.01. The molecule has 1 N–H and O–H groups in total. The number of carbonyl (C=O) groups is 2. The maximum atomic E-state index is 12.8. The van der Waals surface area contributed by atoms with Crippen LogP contribution in [0.1, 0.15) is 18.9 Å². The monoisotopic (exact) mass is 362 g/mol. The highest BCUT2D eigenvalue weighted by Crippen LogP contribution is 2.25. The van der Waals surface area contributed by atoms with Crippen LogP contribution >= 0.6 is 11.6 Å². The van der Waals surface area contributed by atoms with Crippen molar-refractivity contribution < 1.29 is 14.0 Å². The van der Waals surface area contributed by atoms with Crippen LogP contribution in [0, 0.1) is 5.82 Å². The molecule has 0 aliphatic carbocycles. The van der Waals surface area contributed by atoms with E-state index in [0.717, 1.165) is 5.56 Å². The van der Waals surface area contributed by atoms with Crippen LogP contribution in [0.4, 0.5) is 10.1 Å². The number of halogens is 2. The molecule has 132 valence electrons. The summed E-state index contributed by atoms with van der Waals surface area (Å²) >= 11 is 6.12. The lowest BCUT2D eigenvalue weighted by Crippen LogP contribution is -2.34. The Morgan fingerprint density at radius 2 is 1.80 bits per heavy atom. The lowest BCUT2D eigenvalue weighted by molar-refractivity contribution is -0.121. The van der Waals surface area contributed by atoms with E-state index in [-0.39, 0.29) is 30.6 Å². The van der Waals surface area contributed by atoms with E-state index in [1.165, 1.54) is 24.0 Å². The van der Waals surface area contributed by atoms with E-state index in [1.54, 1.807) is 36.4 Å². The van der Waals surface area contributed by atoms with Crippen molar-refractivity contribution in [3.8, 4) is 0 Å². The zero-order valence-electron chi connectivity index (χ0n) is 14.0. The van der Waals surface area contributed by atoms with Crippen LogP contribution in [0.2, 0.25) is 5.02 Å². The van der Waals surface area contributed by atoms with E-state index in [9.17, 15) is 14.0 Å². The molecule has 0 heterocycles. The zero-order valence-corrected chi connectivity index (χ0v) is 14.7. The first-order valence-electron chi connectivity index (χ1n) is 8.01. The van der Waals surface area contributed by atoms with Crippen LogP contribution in [0.25, 0.3) is 0 Å². The van der Waals surface area contributed by atoms with Gasteiger partial charge in [-0.2, -0.15) is 0 Å². The zero-order chi connectivity index (χ0) is 18.2. The Hall–Kier alpha value is -2.40. The smallest absolute Gasteiger partial charge is 0.223 e. The highest BCUT2D eigenvalue weighted by atomic mass is 35.5. The van der Waals surface area contributed by atoms with Gasteiger partial charge >= 0.3 is 0 Å². The van der Waals surface area contributed by atoms with Crippen molar-refractivity contribution in [2.24, 2.45) is 0 Å². The molecular formula is C19H20ClFN2O2. The van der Waals surface area contributed by atoms with Crippen LogP contribution in [-0.2, 0) is 16.0 Å². The molecule has 2 aromatic carbocycles. The van der Waals surface area contributed by atoms with Crippen LogP contribution in [0.15, 0.2) is 48.5 Å². The first kappa shape index (κ1) is 18.9. The summed E-state index contributed by atoms with van der Waals surface area (Å²) in [6.45, 7) is 2.15. The van der Waals surface area contributed by atoms with Crippen molar-refractivity contribution in [1.82, 2.24) is 5.32 Å². The van der Waals surface area contributed by atoms with Gasteiger partial charge in [-0.05, 0) is 36.2 Å². The molecule has 0 spiro atoms. The van der Waals surface area contributed by atoms with Gasteiger partial charge in [0, 0.05) is 26.4 Å². The van der Waals surface area contributed by atoms with Gasteiger partial charge in [-0.25, -0.2) is 4.39 Å². The van der Waals surface area contributed by atoms with Gasteiger partial charge in [-0.3, -0.25) is 9.59 Å². The quantitative estimate of drug-likeness (QED) is 0.818. The van der Waals surface area contributed by atoms with E-state index in [2.05, 4.69) is 5.32 Å². The summed E-state index contributed by atoms with van der Waals surface area (Å²) in [6.07, 6.45) is 0.793. The fraction of sp³-hybridized carbons (Fsp3) is 0.263. The summed E-state index contributed by atoms with van der Waals surface area (Å²) in [7, 11) is 0. The number of anilines is 1. The first-order chi connectivity index (χ1) is 12.0. The molecule has 0 aromatic heterocycles. The Labute approximate surface area is 151 Å². The summed E-state index contributed by atoms with van der Waals surface area (Å²) in [4.78, 5) is 25.3. The molecule has 0 saturated carbocycles. The SMILES string of the molecule is CC(=O)N(CCC(=O)NCCc1ccc(F)cc1)c1ccccc1Cl. The van der Waals surface area contributed by atoms with Crippen LogP contribution in [-0.4, -0.2) is 24.9 Å². The molecule has 2 aromatic rings. The number of para-hydroxylation sites is 1. The van der Waals surface area contributed by atoms with Gasteiger partial charge in [0.25, 0.3) is 0 Å². The van der Waals surface area contributed by atoms with Crippen molar-refractivity contribution in [1.29, 1.82) is 0 Å². The topological polar surface area (TPSA) is 49.4 Å². The maximum absolute atomic E-state index is 12.8. The van der Waals surface area contributed by atoms with Crippen LogP contribution < -0.4 is 10.2 Å². The standard InChI is InChI=1S/C19H20ClFN2O2/c1-14(24)23(18-5-3-2-4-17(18)20)13-11-19(25)22-12-10-15-6-8-16(21)9-7-15/h2-9H,10-13H2,1H3,(H,22,25). The predicted octanol–water partition coefficient (Wildman–Crippen LogP) is 3.58. The van der Waals surface area contributed by atoms with Gasteiger partial charge in [0.2, 0.25) is 11.8 Å². The van der Waals surface area contributed by atoms with E-state index >= 15 is 0 Å². The molecule has 4 nitrogen and oxygen atoms in total. The Morgan fingerprint density at radius 3 is 2.44 bits per heavy atom. The highest BCUT2D eigenvalue weighted by Gasteiger charge is 2.15. The summed E-state index contributed by atoms with van der Waals surface area (Å²) in [5, 5.41) is 3.27. The van der Waals surface area contributed by atoms with Crippen molar-refractivity contribution in [2.45, 2.75) is 19.8 Å². The second-order valence-electron chi connectivity index (χ2n) is 5.60. The molecule has 0 aliphatic rings. The van der Waals surface area contributed by atoms with E-state index in [0.29, 0.717) is 23.7 Å². The van der Waals surface area contributed by atoms with Gasteiger partial charge in [-0.15, -0.1) is 0 Å². The molecule has 2 amide bonds. The lowest BCUT2D eigenvalue weighted by atomic mass is 10.1. The number of nitrogens with zero attached hydrogens (tertiary/aromatic N) is 1. The highest BCUT2D eigenvalue weighted by molar-refractivity contribution is 6.33. The second kappa shape index (κ2) is 9.18. The molecule has 0 radical (unpaired) electrons. The maximum Gasteiger partial charge on any atom is 0.223 e. The number of hydrogen-bond acceptors (Lipinski definition) is 2. The normalized spacial score (nSPS) is 10.4. The fourth-order valence-electron chi connectivity index (χ4n) is 2.42. The Kier molecular flexibility index (Phi) is 6.95.